The SMILES string of the molecule is c1cnc([C@@H]2CCCN(Cc3ccc4c(c3)OCO4)C2)cn1. The van der Waals surface area contributed by atoms with Gasteiger partial charge in [-0.2, -0.15) is 0 Å². The van der Waals surface area contributed by atoms with Gasteiger partial charge in [0.1, 0.15) is 0 Å². The Morgan fingerprint density at radius 2 is 2.14 bits per heavy atom. The summed E-state index contributed by atoms with van der Waals surface area (Å²) in [6.45, 7) is 3.43. The fraction of sp³-hybridized carbons (Fsp3) is 0.412. The van der Waals surface area contributed by atoms with E-state index >= 15 is 0 Å². The second-order valence-electron chi connectivity index (χ2n) is 5.89. The highest BCUT2D eigenvalue weighted by Gasteiger charge is 2.23. The Labute approximate surface area is 129 Å². The van der Waals surface area contributed by atoms with Crippen molar-refractivity contribution < 1.29 is 9.47 Å². The molecule has 0 spiro atoms. The predicted molar refractivity (Wildman–Crippen MR) is 81.8 cm³/mol. The Bertz CT molecular complexity index is 648. The van der Waals surface area contributed by atoms with Crippen molar-refractivity contribution >= 4 is 0 Å². The van der Waals surface area contributed by atoms with Crippen molar-refractivity contribution in [1.82, 2.24) is 14.9 Å². The lowest BCUT2D eigenvalue weighted by atomic mass is 9.94. The summed E-state index contributed by atoms with van der Waals surface area (Å²) in [5.41, 5.74) is 2.38. The molecule has 0 bridgehead atoms. The van der Waals surface area contributed by atoms with Gasteiger partial charge in [-0.3, -0.25) is 14.9 Å². The lowest BCUT2D eigenvalue weighted by molar-refractivity contribution is 0.173. The average molecular weight is 297 g/mol. The van der Waals surface area contributed by atoms with Gasteiger partial charge >= 0.3 is 0 Å². The van der Waals surface area contributed by atoms with Crippen molar-refractivity contribution in [3.05, 3.63) is 48.0 Å². The number of benzene rings is 1. The van der Waals surface area contributed by atoms with Crippen LogP contribution in [0.4, 0.5) is 0 Å². The van der Waals surface area contributed by atoms with E-state index in [1.165, 1.54) is 18.4 Å². The average Bonchev–Trinajstić information content (AvgIpc) is 3.04. The monoisotopic (exact) mass is 297 g/mol. The smallest absolute Gasteiger partial charge is 0.231 e. The first-order valence-electron chi connectivity index (χ1n) is 7.75. The molecule has 0 aliphatic carbocycles. The molecule has 2 aromatic rings. The van der Waals surface area contributed by atoms with E-state index in [4.69, 9.17) is 9.47 Å². The zero-order chi connectivity index (χ0) is 14.8. The summed E-state index contributed by atoms with van der Waals surface area (Å²) in [5, 5.41) is 0. The van der Waals surface area contributed by atoms with Crippen LogP contribution in [0.3, 0.4) is 0 Å². The molecule has 1 aromatic carbocycles. The maximum atomic E-state index is 5.46. The fourth-order valence-corrected chi connectivity index (χ4v) is 3.26. The normalized spacial score (nSPS) is 21.0. The summed E-state index contributed by atoms with van der Waals surface area (Å²) in [7, 11) is 0. The molecule has 22 heavy (non-hydrogen) atoms. The molecule has 1 fully saturated rings. The number of piperidine rings is 1. The third kappa shape index (κ3) is 2.76. The van der Waals surface area contributed by atoms with E-state index in [9.17, 15) is 0 Å². The summed E-state index contributed by atoms with van der Waals surface area (Å²) in [5.74, 6) is 2.19. The van der Waals surface area contributed by atoms with Gasteiger partial charge in [0.2, 0.25) is 6.79 Å². The lowest BCUT2D eigenvalue weighted by Gasteiger charge is -2.32. The van der Waals surface area contributed by atoms with Crippen LogP contribution < -0.4 is 9.47 Å². The molecule has 2 aliphatic heterocycles. The topological polar surface area (TPSA) is 47.5 Å². The number of hydrogen-bond donors (Lipinski definition) is 0. The second kappa shape index (κ2) is 5.93. The van der Waals surface area contributed by atoms with Crippen LogP contribution in [0, 0.1) is 0 Å². The van der Waals surface area contributed by atoms with Crippen molar-refractivity contribution in [2.24, 2.45) is 0 Å². The zero-order valence-corrected chi connectivity index (χ0v) is 12.4. The molecule has 1 saturated heterocycles. The molecule has 1 atom stereocenters. The Hall–Kier alpha value is -2.14. The van der Waals surface area contributed by atoms with E-state index in [2.05, 4.69) is 27.0 Å². The van der Waals surface area contributed by atoms with Crippen LogP contribution in [0.2, 0.25) is 0 Å². The van der Waals surface area contributed by atoms with Crippen LogP contribution in [0.15, 0.2) is 36.8 Å². The molecule has 1 aromatic heterocycles. The number of aromatic nitrogens is 2. The lowest BCUT2D eigenvalue weighted by Crippen LogP contribution is -2.34. The van der Waals surface area contributed by atoms with Gasteiger partial charge in [0, 0.05) is 37.6 Å². The third-order valence-electron chi connectivity index (χ3n) is 4.35. The Balaban J connectivity index is 1.44. The van der Waals surface area contributed by atoms with Gasteiger partial charge in [-0.1, -0.05) is 6.07 Å². The maximum Gasteiger partial charge on any atom is 0.231 e. The number of ether oxygens (including phenoxy) is 2. The van der Waals surface area contributed by atoms with Crippen LogP contribution in [0.25, 0.3) is 0 Å². The summed E-state index contributed by atoms with van der Waals surface area (Å²) < 4.78 is 10.8. The van der Waals surface area contributed by atoms with E-state index < -0.39 is 0 Å². The van der Waals surface area contributed by atoms with E-state index in [1.54, 1.807) is 12.4 Å². The van der Waals surface area contributed by atoms with E-state index in [1.807, 2.05) is 12.3 Å². The molecule has 0 saturated carbocycles. The van der Waals surface area contributed by atoms with Gasteiger partial charge in [-0.15, -0.1) is 0 Å². The molecular formula is C17H19N3O2. The summed E-state index contributed by atoms with van der Waals surface area (Å²) in [6, 6.07) is 6.22. The Kier molecular flexibility index (Phi) is 3.64. The minimum Gasteiger partial charge on any atom is -0.454 e. The van der Waals surface area contributed by atoms with E-state index in [-0.39, 0.29) is 0 Å². The van der Waals surface area contributed by atoms with Crippen LogP contribution in [0.5, 0.6) is 11.5 Å². The van der Waals surface area contributed by atoms with Crippen LogP contribution in [-0.2, 0) is 6.54 Å². The molecular weight excluding hydrogens is 278 g/mol. The third-order valence-corrected chi connectivity index (χ3v) is 4.35. The number of rotatable bonds is 3. The molecule has 0 N–H and O–H groups in total. The van der Waals surface area contributed by atoms with Crippen LogP contribution in [0.1, 0.15) is 30.0 Å². The highest BCUT2D eigenvalue weighted by Crippen LogP contribution is 2.33. The van der Waals surface area contributed by atoms with Crippen molar-refractivity contribution in [3.8, 4) is 11.5 Å². The largest absolute Gasteiger partial charge is 0.454 e. The Morgan fingerprint density at radius 1 is 1.18 bits per heavy atom. The fourth-order valence-electron chi connectivity index (χ4n) is 3.26. The molecule has 0 amide bonds. The molecule has 5 heteroatoms. The van der Waals surface area contributed by atoms with Gasteiger partial charge in [-0.05, 0) is 37.1 Å². The molecule has 0 radical (unpaired) electrons. The minimum atomic E-state index is 0.331. The van der Waals surface area contributed by atoms with Crippen molar-refractivity contribution in [2.75, 3.05) is 19.9 Å². The summed E-state index contributed by atoms with van der Waals surface area (Å²) in [6.07, 6.45) is 7.81. The first-order valence-corrected chi connectivity index (χ1v) is 7.75. The first kappa shape index (κ1) is 13.5. The molecule has 4 rings (SSSR count). The molecule has 5 nitrogen and oxygen atoms in total. The Morgan fingerprint density at radius 3 is 3.05 bits per heavy atom. The van der Waals surface area contributed by atoms with Crippen molar-refractivity contribution in [2.45, 2.75) is 25.3 Å². The number of likely N-dealkylation sites (tertiary alicyclic amines) is 1. The number of nitrogens with zero attached hydrogens (tertiary/aromatic N) is 3. The molecule has 0 unspecified atom stereocenters. The highest BCUT2D eigenvalue weighted by atomic mass is 16.7. The van der Waals surface area contributed by atoms with Gasteiger partial charge < -0.3 is 9.47 Å². The zero-order valence-electron chi connectivity index (χ0n) is 12.4. The van der Waals surface area contributed by atoms with Crippen LogP contribution >= 0.6 is 0 Å². The number of fused-ring (bicyclic) bond motifs is 1. The second-order valence-corrected chi connectivity index (χ2v) is 5.89. The van der Waals surface area contributed by atoms with Gasteiger partial charge in [0.15, 0.2) is 11.5 Å². The molecule has 2 aliphatic rings. The van der Waals surface area contributed by atoms with Gasteiger partial charge in [-0.25, -0.2) is 0 Å². The summed E-state index contributed by atoms with van der Waals surface area (Å²) >= 11 is 0. The minimum absolute atomic E-state index is 0.331. The molecule has 3 heterocycles. The van der Waals surface area contributed by atoms with Gasteiger partial charge in [0.05, 0.1) is 5.69 Å². The first-order chi connectivity index (χ1) is 10.9. The van der Waals surface area contributed by atoms with Crippen LogP contribution in [-0.4, -0.2) is 34.8 Å². The van der Waals surface area contributed by atoms with Gasteiger partial charge in [0.25, 0.3) is 0 Å². The number of hydrogen-bond acceptors (Lipinski definition) is 5. The van der Waals surface area contributed by atoms with E-state index in [0.717, 1.165) is 36.8 Å². The highest BCUT2D eigenvalue weighted by molar-refractivity contribution is 5.44. The summed E-state index contributed by atoms with van der Waals surface area (Å²) in [4.78, 5) is 11.1. The van der Waals surface area contributed by atoms with Crippen molar-refractivity contribution in [3.63, 3.8) is 0 Å². The molecule has 114 valence electrons. The van der Waals surface area contributed by atoms with E-state index in [0.29, 0.717) is 12.7 Å². The maximum absolute atomic E-state index is 5.46. The quantitative estimate of drug-likeness (QED) is 0.871. The van der Waals surface area contributed by atoms with Crippen molar-refractivity contribution in [1.29, 1.82) is 0 Å². The standard InChI is InChI=1S/C17H19N3O2/c1-2-14(15-9-18-5-6-19-15)11-20(7-1)10-13-3-4-16-17(8-13)22-12-21-16/h3-6,8-9,14H,1-2,7,10-12H2/t14-/m1/s1. The predicted octanol–water partition coefficient (Wildman–Crippen LogP) is 2.58.